The Morgan fingerprint density at radius 3 is 2.68 bits per heavy atom. The van der Waals surface area contributed by atoms with Gasteiger partial charge in [-0.05, 0) is 50.4 Å². The molecule has 6 nitrogen and oxygen atoms in total. The molecule has 1 amide bonds. The molecule has 1 saturated heterocycles. The molecule has 118 valence electrons. The quantitative estimate of drug-likeness (QED) is 0.823. The fourth-order valence-electron chi connectivity index (χ4n) is 3.50. The molecule has 4 rings (SSSR count). The second kappa shape index (κ2) is 5.19. The van der Waals surface area contributed by atoms with Crippen LogP contribution >= 0.6 is 0 Å². The second-order valence-electron chi connectivity index (χ2n) is 6.94. The number of carbonyl (C=O) groups excluding carboxylic acids is 1. The maximum atomic E-state index is 12.6. The molecule has 22 heavy (non-hydrogen) atoms. The molecule has 3 aliphatic rings. The molecule has 2 saturated carbocycles. The number of β-amino-alcohol motifs (C(OH)–C–C–N with tert-alkyl or cyclic N) is 1. The first kappa shape index (κ1) is 13.9. The Morgan fingerprint density at radius 1 is 1.36 bits per heavy atom. The number of aliphatic hydroxyl groups is 1. The van der Waals surface area contributed by atoms with Crippen molar-refractivity contribution in [3.63, 3.8) is 0 Å². The van der Waals surface area contributed by atoms with Crippen LogP contribution in [0.3, 0.4) is 0 Å². The zero-order valence-electron chi connectivity index (χ0n) is 12.7. The normalized spacial score (nSPS) is 28.5. The number of aromatic amines is 1. The van der Waals surface area contributed by atoms with E-state index in [4.69, 9.17) is 0 Å². The van der Waals surface area contributed by atoms with Gasteiger partial charge in [0.15, 0.2) is 0 Å². The molecule has 1 aliphatic heterocycles. The lowest BCUT2D eigenvalue weighted by atomic mass is 9.90. The van der Waals surface area contributed by atoms with Crippen LogP contribution in [0.1, 0.15) is 44.2 Å². The van der Waals surface area contributed by atoms with Crippen molar-refractivity contribution in [2.75, 3.05) is 13.1 Å². The molecule has 1 atom stereocenters. The van der Waals surface area contributed by atoms with E-state index in [1.807, 2.05) is 6.08 Å². The first-order chi connectivity index (χ1) is 10.7. The van der Waals surface area contributed by atoms with Crippen molar-refractivity contribution < 1.29 is 9.90 Å². The molecule has 1 aromatic rings. The molecule has 2 N–H and O–H groups in total. The summed E-state index contributed by atoms with van der Waals surface area (Å²) in [6.45, 7) is 1.01. The monoisotopic (exact) mass is 302 g/mol. The first-order valence-corrected chi connectivity index (χ1v) is 8.25. The summed E-state index contributed by atoms with van der Waals surface area (Å²) >= 11 is 0. The summed E-state index contributed by atoms with van der Waals surface area (Å²) in [4.78, 5) is 14.4. The van der Waals surface area contributed by atoms with Gasteiger partial charge in [0.05, 0.1) is 12.7 Å². The van der Waals surface area contributed by atoms with Crippen molar-refractivity contribution in [1.29, 1.82) is 0 Å². The van der Waals surface area contributed by atoms with Gasteiger partial charge in [-0.3, -0.25) is 4.79 Å². The largest absolute Gasteiger partial charge is 0.382 e. The fourth-order valence-corrected chi connectivity index (χ4v) is 3.50. The lowest BCUT2D eigenvalue weighted by Crippen LogP contribution is -2.48. The number of allylic oxidation sites excluding steroid dienone is 1. The number of carbonyl (C=O) groups is 1. The number of rotatable bonds is 4. The van der Waals surface area contributed by atoms with E-state index in [0.717, 1.165) is 6.42 Å². The Labute approximate surface area is 129 Å². The Kier molecular flexibility index (Phi) is 3.29. The number of likely N-dealkylation sites (tertiary alicyclic amines) is 1. The molecule has 2 heterocycles. The highest BCUT2D eigenvalue weighted by molar-refractivity contribution is 5.88. The van der Waals surface area contributed by atoms with Crippen molar-refractivity contribution in [2.24, 2.45) is 11.8 Å². The lowest BCUT2D eigenvalue weighted by molar-refractivity contribution is -0.134. The first-order valence-electron chi connectivity index (χ1n) is 8.25. The topological polar surface area (TPSA) is 82.1 Å². The maximum absolute atomic E-state index is 12.6. The van der Waals surface area contributed by atoms with Crippen molar-refractivity contribution in [3.8, 4) is 0 Å². The van der Waals surface area contributed by atoms with Gasteiger partial charge in [-0.15, -0.1) is 0 Å². The summed E-state index contributed by atoms with van der Waals surface area (Å²) < 4.78 is 0. The average Bonchev–Trinajstić information content (AvgIpc) is 3.44. The number of H-pyrrole nitrogens is 1. The molecule has 0 aromatic carbocycles. The van der Waals surface area contributed by atoms with Gasteiger partial charge in [0.1, 0.15) is 11.3 Å². The van der Waals surface area contributed by atoms with E-state index in [1.54, 1.807) is 11.1 Å². The van der Waals surface area contributed by atoms with Crippen molar-refractivity contribution in [3.05, 3.63) is 23.5 Å². The number of hydrogen-bond donors (Lipinski definition) is 2. The van der Waals surface area contributed by atoms with Crippen LogP contribution in [0.15, 0.2) is 17.8 Å². The van der Waals surface area contributed by atoms with Crippen LogP contribution in [0.2, 0.25) is 0 Å². The summed E-state index contributed by atoms with van der Waals surface area (Å²) in [7, 11) is 0. The van der Waals surface area contributed by atoms with Crippen LogP contribution < -0.4 is 0 Å². The Bertz CT molecular complexity index is 575. The number of amides is 1. The van der Waals surface area contributed by atoms with Crippen LogP contribution in [0.5, 0.6) is 0 Å². The molecule has 2 aliphatic carbocycles. The number of nitrogens with one attached hydrogen (secondary N) is 1. The van der Waals surface area contributed by atoms with Gasteiger partial charge in [-0.2, -0.15) is 15.4 Å². The highest BCUT2D eigenvalue weighted by Crippen LogP contribution is 2.48. The second-order valence-corrected chi connectivity index (χ2v) is 6.94. The Hall–Kier alpha value is -1.69. The van der Waals surface area contributed by atoms with Gasteiger partial charge in [0.2, 0.25) is 5.91 Å². The van der Waals surface area contributed by atoms with Gasteiger partial charge >= 0.3 is 0 Å². The molecule has 1 aromatic heterocycles. The maximum Gasteiger partial charge on any atom is 0.246 e. The number of piperidine rings is 1. The summed E-state index contributed by atoms with van der Waals surface area (Å²) in [5.74, 6) is 1.35. The van der Waals surface area contributed by atoms with Crippen LogP contribution in [0.25, 0.3) is 0 Å². The predicted octanol–water partition coefficient (Wildman–Crippen LogP) is 1.36. The molecular weight excluding hydrogens is 280 g/mol. The van der Waals surface area contributed by atoms with E-state index in [1.165, 1.54) is 31.3 Å². The molecular formula is C16H22N4O2. The molecule has 6 heteroatoms. The van der Waals surface area contributed by atoms with E-state index >= 15 is 0 Å². The SMILES string of the molecule is O=C(C=C(C1CC1)C1CC1)N1CCCC(O)(c2cn[nH]n2)C1. The molecule has 0 radical (unpaired) electrons. The lowest BCUT2D eigenvalue weighted by Gasteiger charge is -2.37. The third-order valence-corrected chi connectivity index (χ3v) is 5.06. The Morgan fingerprint density at radius 2 is 2.09 bits per heavy atom. The molecule has 1 unspecified atom stereocenters. The van der Waals surface area contributed by atoms with Crippen LogP contribution in [-0.4, -0.2) is 44.4 Å². The van der Waals surface area contributed by atoms with Gasteiger partial charge in [0.25, 0.3) is 0 Å². The van der Waals surface area contributed by atoms with Gasteiger partial charge in [0, 0.05) is 12.6 Å². The molecule has 0 bridgehead atoms. The standard InChI is InChI=1S/C16H22N4O2/c21-15(8-13(11-2-3-11)12-4-5-12)20-7-1-6-16(22,10-20)14-9-17-19-18-14/h8-9,11-12,22H,1-7,10H2,(H,17,18,19). The van der Waals surface area contributed by atoms with E-state index in [9.17, 15) is 9.90 Å². The number of nitrogens with zero attached hydrogens (tertiary/aromatic N) is 3. The van der Waals surface area contributed by atoms with Gasteiger partial charge in [-0.25, -0.2) is 0 Å². The summed E-state index contributed by atoms with van der Waals surface area (Å²) in [5, 5.41) is 21.1. The summed E-state index contributed by atoms with van der Waals surface area (Å²) in [5.41, 5.74) is 0.813. The minimum Gasteiger partial charge on any atom is -0.382 e. The number of aromatic nitrogens is 3. The van der Waals surface area contributed by atoms with Crippen LogP contribution in [0.4, 0.5) is 0 Å². The van der Waals surface area contributed by atoms with E-state index in [2.05, 4.69) is 15.4 Å². The third kappa shape index (κ3) is 2.67. The zero-order chi connectivity index (χ0) is 15.2. The molecule has 3 fully saturated rings. The van der Waals surface area contributed by atoms with E-state index < -0.39 is 5.60 Å². The number of hydrogen-bond acceptors (Lipinski definition) is 4. The molecule has 0 spiro atoms. The fraction of sp³-hybridized carbons (Fsp3) is 0.688. The highest BCUT2D eigenvalue weighted by Gasteiger charge is 2.40. The zero-order valence-corrected chi connectivity index (χ0v) is 12.7. The van der Waals surface area contributed by atoms with Crippen molar-refractivity contribution >= 4 is 5.91 Å². The summed E-state index contributed by atoms with van der Waals surface area (Å²) in [6.07, 6.45) is 9.75. The third-order valence-electron chi connectivity index (χ3n) is 5.06. The van der Waals surface area contributed by atoms with E-state index in [0.29, 0.717) is 37.0 Å². The van der Waals surface area contributed by atoms with E-state index in [-0.39, 0.29) is 5.91 Å². The van der Waals surface area contributed by atoms with Crippen molar-refractivity contribution in [2.45, 2.75) is 44.1 Å². The predicted molar refractivity (Wildman–Crippen MR) is 79.6 cm³/mol. The van der Waals surface area contributed by atoms with Gasteiger partial charge < -0.3 is 10.0 Å². The van der Waals surface area contributed by atoms with Gasteiger partial charge in [-0.1, -0.05) is 5.57 Å². The highest BCUT2D eigenvalue weighted by atomic mass is 16.3. The van der Waals surface area contributed by atoms with Crippen LogP contribution in [-0.2, 0) is 10.4 Å². The van der Waals surface area contributed by atoms with Crippen molar-refractivity contribution in [1.82, 2.24) is 20.3 Å². The smallest absolute Gasteiger partial charge is 0.246 e. The summed E-state index contributed by atoms with van der Waals surface area (Å²) in [6, 6.07) is 0. The minimum atomic E-state index is -1.08. The Balaban J connectivity index is 1.50. The average molecular weight is 302 g/mol. The van der Waals surface area contributed by atoms with Crippen LogP contribution in [0, 0.1) is 11.8 Å². The minimum absolute atomic E-state index is 0.0513.